The molecule has 154 valence electrons. The lowest BCUT2D eigenvalue weighted by Crippen LogP contribution is -2.28. The van der Waals surface area contributed by atoms with E-state index in [1.54, 1.807) is 24.3 Å². The van der Waals surface area contributed by atoms with Crippen LogP contribution in [0.2, 0.25) is 0 Å². The summed E-state index contributed by atoms with van der Waals surface area (Å²) in [6, 6.07) is 22.3. The fraction of sp³-hybridized carbons (Fsp3) is 0.200. The van der Waals surface area contributed by atoms with Crippen LogP contribution in [0.5, 0.6) is 5.75 Å². The van der Waals surface area contributed by atoms with Crippen molar-refractivity contribution in [2.75, 3.05) is 11.9 Å². The fourth-order valence-corrected chi connectivity index (χ4v) is 3.18. The van der Waals surface area contributed by atoms with Gasteiger partial charge in [-0.1, -0.05) is 60.2 Å². The van der Waals surface area contributed by atoms with Gasteiger partial charge in [0, 0.05) is 0 Å². The van der Waals surface area contributed by atoms with Gasteiger partial charge in [-0.3, -0.25) is 9.59 Å². The topological polar surface area (TPSA) is 67.4 Å². The highest BCUT2D eigenvalue weighted by atomic mass is 16.5. The zero-order valence-electron chi connectivity index (χ0n) is 17.4. The molecule has 0 saturated heterocycles. The van der Waals surface area contributed by atoms with Gasteiger partial charge in [0.2, 0.25) is 0 Å². The zero-order chi connectivity index (χ0) is 21.5. The van der Waals surface area contributed by atoms with Crippen LogP contribution < -0.4 is 15.4 Å². The second kappa shape index (κ2) is 9.74. The molecule has 3 rings (SSSR count). The minimum atomic E-state index is -0.327. The number of amides is 2. The van der Waals surface area contributed by atoms with Crippen LogP contribution in [0, 0.1) is 13.8 Å². The molecule has 0 aromatic heterocycles. The molecule has 5 heteroatoms. The molecule has 1 unspecified atom stereocenters. The third kappa shape index (κ3) is 5.47. The van der Waals surface area contributed by atoms with Crippen LogP contribution in [0.3, 0.4) is 0 Å². The Morgan fingerprint density at radius 2 is 1.63 bits per heavy atom. The van der Waals surface area contributed by atoms with Gasteiger partial charge in [0.05, 0.1) is 17.3 Å². The third-order valence-electron chi connectivity index (χ3n) is 4.78. The molecule has 30 heavy (non-hydrogen) atoms. The Kier molecular flexibility index (Phi) is 6.86. The Hall–Kier alpha value is -3.60. The van der Waals surface area contributed by atoms with Gasteiger partial charge in [-0.15, -0.1) is 0 Å². The van der Waals surface area contributed by atoms with Crippen molar-refractivity contribution in [2.24, 2.45) is 0 Å². The van der Waals surface area contributed by atoms with Crippen molar-refractivity contribution in [1.29, 1.82) is 0 Å². The Morgan fingerprint density at radius 1 is 0.933 bits per heavy atom. The van der Waals surface area contributed by atoms with Crippen LogP contribution in [0.4, 0.5) is 5.69 Å². The van der Waals surface area contributed by atoms with Crippen molar-refractivity contribution in [3.63, 3.8) is 0 Å². The first-order valence-corrected chi connectivity index (χ1v) is 9.89. The average molecular weight is 402 g/mol. The molecule has 5 nitrogen and oxygen atoms in total. The van der Waals surface area contributed by atoms with E-state index in [0.717, 1.165) is 16.7 Å². The smallest absolute Gasteiger partial charge is 0.262 e. The molecule has 2 amide bonds. The molecule has 3 aromatic carbocycles. The number of hydrogen-bond donors (Lipinski definition) is 2. The molecule has 0 fully saturated rings. The summed E-state index contributed by atoms with van der Waals surface area (Å²) in [6.07, 6.45) is 0. The largest absolute Gasteiger partial charge is 0.483 e. The highest BCUT2D eigenvalue weighted by Crippen LogP contribution is 2.20. The van der Waals surface area contributed by atoms with E-state index in [4.69, 9.17) is 4.74 Å². The zero-order valence-corrected chi connectivity index (χ0v) is 17.4. The van der Waals surface area contributed by atoms with Crippen molar-refractivity contribution in [1.82, 2.24) is 5.32 Å². The molecular formula is C25H26N2O3. The fourth-order valence-electron chi connectivity index (χ4n) is 3.18. The van der Waals surface area contributed by atoms with E-state index in [-0.39, 0.29) is 24.5 Å². The van der Waals surface area contributed by atoms with Crippen molar-refractivity contribution < 1.29 is 14.3 Å². The number of benzene rings is 3. The highest BCUT2D eigenvalue weighted by Gasteiger charge is 2.16. The molecule has 0 aliphatic carbocycles. The number of ether oxygens (including phenoxy) is 1. The molecule has 0 heterocycles. The minimum Gasteiger partial charge on any atom is -0.483 e. The van der Waals surface area contributed by atoms with Gasteiger partial charge in [0.15, 0.2) is 6.61 Å². The van der Waals surface area contributed by atoms with Crippen LogP contribution in [0.15, 0.2) is 72.8 Å². The number of carbonyl (C=O) groups is 2. The standard InChI is InChI=1S/C25H26N2O3/c1-17-13-14-23(18(2)15-17)30-16-24(28)27-22-12-8-7-11-21(22)25(29)26-19(3)20-9-5-4-6-10-20/h4-15,19H,16H2,1-3H3,(H,26,29)(H,27,28). The Morgan fingerprint density at radius 3 is 2.37 bits per heavy atom. The maximum atomic E-state index is 12.8. The number of rotatable bonds is 7. The second-order valence-corrected chi connectivity index (χ2v) is 7.26. The van der Waals surface area contributed by atoms with Crippen LogP contribution >= 0.6 is 0 Å². The molecule has 0 spiro atoms. The second-order valence-electron chi connectivity index (χ2n) is 7.26. The summed E-state index contributed by atoms with van der Waals surface area (Å²) in [4.78, 5) is 25.2. The monoisotopic (exact) mass is 402 g/mol. The molecule has 0 aliphatic heterocycles. The quantitative estimate of drug-likeness (QED) is 0.596. The van der Waals surface area contributed by atoms with Crippen molar-refractivity contribution in [3.8, 4) is 5.75 Å². The van der Waals surface area contributed by atoms with Gasteiger partial charge >= 0.3 is 0 Å². The summed E-state index contributed by atoms with van der Waals surface area (Å²) in [7, 11) is 0. The van der Waals surface area contributed by atoms with Crippen molar-refractivity contribution in [3.05, 3.63) is 95.1 Å². The summed E-state index contributed by atoms with van der Waals surface area (Å²) in [5.41, 5.74) is 3.96. The van der Waals surface area contributed by atoms with Crippen molar-refractivity contribution in [2.45, 2.75) is 26.8 Å². The number of hydrogen-bond acceptors (Lipinski definition) is 3. The summed E-state index contributed by atoms with van der Waals surface area (Å²) in [6.45, 7) is 5.73. The Labute approximate surface area is 177 Å². The first-order chi connectivity index (χ1) is 14.4. The molecular weight excluding hydrogens is 376 g/mol. The van der Waals surface area contributed by atoms with Gasteiger partial charge in [-0.2, -0.15) is 0 Å². The molecule has 0 aliphatic rings. The van der Waals surface area contributed by atoms with E-state index in [0.29, 0.717) is 17.0 Å². The lowest BCUT2D eigenvalue weighted by atomic mass is 10.1. The molecule has 1 atom stereocenters. The predicted molar refractivity (Wildman–Crippen MR) is 119 cm³/mol. The van der Waals surface area contributed by atoms with E-state index < -0.39 is 0 Å². The average Bonchev–Trinajstić information content (AvgIpc) is 2.74. The van der Waals surface area contributed by atoms with E-state index in [9.17, 15) is 9.59 Å². The SMILES string of the molecule is Cc1ccc(OCC(=O)Nc2ccccc2C(=O)NC(C)c2ccccc2)c(C)c1. The van der Waals surface area contributed by atoms with Gasteiger partial charge in [0.25, 0.3) is 11.8 Å². The summed E-state index contributed by atoms with van der Waals surface area (Å²) in [5.74, 6) is 0.0855. The van der Waals surface area contributed by atoms with Crippen LogP contribution in [0.25, 0.3) is 0 Å². The Balaban J connectivity index is 1.64. The number of anilines is 1. The first kappa shape index (κ1) is 21.1. The van der Waals surface area contributed by atoms with Crippen LogP contribution in [-0.2, 0) is 4.79 Å². The molecule has 0 saturated carbocycles. The van der Waals surface area contributed by atoms with E-state index in [1.807, 2.05) is 69.3 Å². The maximum Gasteiger partial charge on any atom is 0.262 e. The number of nitrogens with one attached hydrogen (secondary N) is 2. The summed E-state index contributed by atoms with van der Waals surface area (Å²) < 4.78 is 5.64. The van der Waals surface area contributed by atoms with Gasteiger partial charge in [-0.25, -0.2) is 0 Å². The molecule has 0 bridgehead atoms. The Bertz CT molecular complexity index is 1030. The lowest BCUT2D eigenvalue weighted by molar-refractivity contribution is -0.118. The predicted octanol–water partition coefficient (Wildman–Crippen LogP) is 4.81. The summed E-state index contributed by atoms with van der Waals surface area (Å²) in [5, 5.41) is 5.76. The first-order valence-electron chi connectivity index (χ1n) is 9.89. The van der Waals surface area contributed by atoms with E-state index in [1.165, 1.54) is 0 Å². The normalized spacial score (nSPS) is 11.4. The molecule has 3 aromatic rings. The van der Waals surface area contributed by atoms with E-state index in [2.05, 4.69) is 10.6 Å². The number of carbonyl (C=O) groups excluding carboxylic acids is 2. The van der Waals surface area contributed by atoms with Crippen molar-refractivity contribution >= 4 is 17.5 Å². The lowest BCUT2D eigenvalue weighted by Gasteiger charge is -2.16. The molecule has 2 N–H and O–H groups in total. The third-order valence-corrected chi connectivity index (χ3v) is 4.78. The number of para-hydroxylation sites is 1. The molecule has 0 radical (unpaired) electrons. The summed E-state index contributed by atoms with van der Waals surface area (Å²) >= 11 is 0. The van der Waals surface area contributed by atoms with Crippen LogP contribution in [-0.4, -0.2) is 18.4 Å². The van der Waals surface area contributed by atoms with Crippen LogP contribution in [0.1, 0.15) is 40.0 Å². The maximum absolute atomic E-state index is 12.8. The number of aryl methyl sites for hydroxylation is 2. The minimum absolute atomic E-state index is 0.139. The van der Waals surface area contributed by atoms with Gasteiger partial charge in [-0.05, 0) is 50.1 Å². The highest BCUT2D eigenvalue weighted by molar-refractivity contribution is 6.04. The van der Waals surface area contributed by atoms with Gasteiger partial charge in [0.1, 0.15) is 5.75 Å². The van der Waals surface area contributed by atoms with Gasteiger partial charge < -0.3 is 15.4 Å². The van der Waals surface area contributed by atoms with E-state index >= 15 is 0 Å².